The summed E-state index contributed by atoms with van der Waals surface area (Å²) in [7, 11) is 0. The van der Waals surface area contributed by atoms with E-state index in [1.807, 2.05) is 25.7 Å². The van der Waals surface area contributed by atoms with Crippen molar-refractivity contribution in [3.63, 3.8) is 0 Å². The van der Waals surface area contributed by atoms with Crippen LogP contribution in [0.2, 0.25) is 0 Å². The van der Waals surface area contributed by atoms with Gasteiger partial charge in [0, 0.05) is 27.9 Å². The Morgan fingerprint density at radius 3 is 2.86 bits per heavy atom. The van der Waals surface area contributed by atoms with Crippen LogP contribution in [-0.4, -0.2) is 64.9 Å². The predicted octanol–water partition coefficient (Wildman–Crippen LogP) is 0.502. The first kappa shape index (κ1) is 13.7. The quantitative estimate of drug-likeness (QED) is 0.791. The molecule has 0 aromatic carbocycles. The van der Waals surface area contributed by atoms with E-state index in [0.29, 0.717) is 38.0 Å². The van der Waals surface area contributed by atoms with E-state index in [9.17, 15) is 5.11 Å². The average molecular weight is 318 g/mol. The first-order chi connectivity index (χ1) is 10.7. The Morgan fingerprint density at radius 2 is 2.19 bits per heavy atom. The molecule has 0 unspecified atom stereocenters. The summed E-state index contributed by atoms with van der Waals surface area (Å²) in [4.78, 5) is 2.01. The first-order valence-corrected chi connectivity index (χ1v) is 7.67. The molecular formula is C13H24N4O3S. The SMILES string of the molecule is [2H]C([2H])(NC(C)(C)C)[C@H](O)COc1nsnc1N1CCOCC1. The van der Waals surface area contributed by atoms with Crippen LogP contribution in [0.25, 0.3) is 0 Å². The third-order valence-electron chi connectivity index (χ3n) is 2.74. The summed E-state index contributed by atoms with van der Waals surface area (Å²) in [6.07, 6.45) is -1.33. The van der Waals surface area contributed by atoms with Crippen LogP contribution >= 0.6 is 11.7 Å². The number of aliphatic hydroxyl groups is 1. The second kappa shape index (κ2) is 7.35. The Morgan fingerprint density at radius 1 is 1.48 bits per heavy atom. The molecule has 2 heterocycles. The monoisotopic (exact) mass is 318 g/mol. The summed E-state index contributed by atoms with van der Waals surface area (Å²) in [5, 5.41) is 12.8. The van der Waals surface area contributed by atoms with E-state index in [1.54, 1.807) is 0 Å². The van der Waals surface area contributed by atoms with E-state index in [1.165, 1.54) is 0 Å². The second-order valence-corrected chi connectivity index (χ2v) is 6.37. The van der Waals surface area contributed by atoms with Gasteiger partial charge in [-0.05, 0) is 20.8 Å². The highest BCUT2D eigenvalue weighted by molar-refractivity contribution is 6.99. The van der Waals surface area contributed by atoms with Gasteiger partial charge in [0.25, 0.3) is 5.88 Å². The number of hydrogen-bond acceptors (Lipinski definition) is 8. The number of aliphatic hydroxyl groups excluding tert-OH is 1. The predicted molar refractivity (Wildman–Crippen MR) is 82.2 cm³/mol. The molecule has 8 heteroatoms. The van der Waals surface area contributed by atoms with E-state index in [2.05, 4.69) is 14.1 Å². The number of aromatic nitrogens is 2. The molecule has 1 saturated heterocycles. The van der Waals surface area contributed by atoms with Crippen molar-refractivity contribution in [2.75, 3.05) is 44.3 Å². The van der Waals surface area contributed by atoms with Crippen LogP contribution < -0.4 is 15.0 Å². The summed E-state index contributed by atoms with van der Waals surface area (Å²) < 4.78 is 35.0. The van der Waals surface area contributed by atoms with Gasteiger partial charge in [0.2, 0.25) is 5.82 Å². The molecule has 1 aromatic heterocycles. The molecule has 1 aliphatic rings. The highest BCUT2D eigenvalue weighted by Crippen LogP contribution is 2.26. The number of β-amino-alcohol motifs (C(OH)–C–C–N with tert-alkyl or cyclic N) is 1. The van der Waals surface area contributed by atoms with Crippen molar-refractivity contribution < 1.29 is 17.3 Å². The molecule has 2 N–H and O–H groups in total. The van der Waals surface area contributed by atoms with Gasteiger partial charge >= 0.3 is 0 Å². The Labute approximate surface area is 132 Å². The number of morpholine rings is 1. The molecule has 21 heavy (non-hydrogen) atoms. The van der Waals surface area contributed by atoms with E-state index in [-0.39, 0.29) is 6.61 Å². The molecule has 0 spiro atoms. The molecule has 1 atom stereocenters. The molecule has 0 radical (unpaired) electrons. The summed E-state index contributed by atoms with van der Waals surface area (Å²) in [5.74, 6) is 0.942. The molecule has 0 bridgehead atoms. The maximum absolute atomic E-state index is 10.1. The zero-order valence-electron chi connectivity index (χ0n) is 14.6. The van der Waals surface area contributed by atoms with Gasteiger partial charge in [-0.15, -0.1) is 4.37 Å². The van der Waals surface area contributed by atoms with Gasteiger partial charge in [-0.25, -0.2) is 0 Å². The molecule has 0 amide bonds. The van der Waals surface area contributed by atoms with Crippen LogP contribution in [0.4, 0.5) is 5.82 Å². The summed E-state index contributed by atoms with van der Waals surface area (Å²) >= 11 is 1.03. The summed E-state index contributed by atoms with van der Waals surface area (Å²) in [6, 6.07) is 0. The fourth-order valence-electron chi connectivity index (χ4n) is 1.73. The van der Waals surface area contributed by atoms with E-state index in [4.69, 9.17) is 12.2 Å². The normalized spacial score (nSPS) is 19.9. The summed E-state index contributed by atoms with van der Waals surface area (Å²) in [5.41, 5.74) is -0.467. The number of nitrogens with zero attached hydrogens (tertiary/aromatic N) is 3. The number of anilines is 1. The zero-order valence-corrected chi connectivity index (χ0v) is 13.4. The maximum Gasteiger partial charge on any atom is 0.270 e. The number of hydrogen-bond donors (Lipinski definition) is 2. The van der Waals surface area contributed by atoms with Gasteiger partial charge in [0.1, 0.15) is 12.7 Å². The lowest BCUT2D eigenvalue weighted by Crippen LogP contribution is -2.42. The standard InChI is InChI=1S/C13H24N4O3S/c1-13(2,3)14-8-10(18)9-20-12-11(15-21-16-12)17-4-6-19-7-5-17/h10,14,18H,4-9H2,1-3H3/t10-/m0/s1/i8D2. The Hall–Kier alpha value is -0.960. The average Bonchev–Trinajstić information content (AvgIpc) is 2.91. The van der Waals surface area contributed by atoms with Crippen LogP contribution in [0.3, 0.4) is 0 Å². The lowest BCUT2D eigenvalue weighted by atomic mass is 10.1. The van der Waals surface area contributed by atoms with Crippen molar-refractivity contribution in [2.24, 2.45) is 0 Å². The molecule has 1 aliphatic heterocycles. The number of rotatable bonds is 6. The van der Waals surface area contributed by atoms with E-state index < -0.39 is 18.1 Å². The third kappa shape index (κ3) is 5.39. The lowest BCUT2D eigenvalue weighted by molar-refractivity contribution is 0.0975. The van der Waals surface area contributed by atoms with Crippen LogP contribution in [0, 0.1) is 0 Å². The fourth-order valence-corrected chi connectivity index (χ4v) is 2.25. The summed E-state index contributed by atoms with van der Waals surface area (Å²) in [6.45, 7) is 5.97. The van der Waals surface area contributed by atoms with E-state index in [0.717, 1.165) is 11.7 Å². The minimum Gasteiger partial charge on any atom is -0.472 e. The second-order valence-electron chi connectivity index (χ2n) is 5.84. The molecule has 7 nitrogen and oxygen atoms in total. The molecule has 0 saturated carbocycles. The molecule has 120 valence electrons. The van der Waals surface area contributed by atoms with Crippen LogP contribution in [0.5, 0.6) is 5.88 Å². The van der Waals surface area contributed by atoms with Crippen molar-refractivity contribution in [1.82, 2.24) is 14.1 Å². The smallest absolute Gasteiger partial charge is 0.270 e. The highest BCUT2D eigenvalue weighted by atomic mass is 32.1. The van der Waals surface area contributed by atoms with Gasteiger partial charge in [-0.1, -0.05) is 0 Å². The largest absolute Gasteiger partial charge is 0.472 e. The molecule has 1 aromatic rings. The number of nitrogens with one attached hydrogen (secondary N) is 1. The fraction of sp³-hybridized carbons (Fsp3) is 0.846. The molecule has 0 aliphatic carbocycles. The Balaban J connectivity index is 1.94. The minimum absolute atomic E-state index is 0.209. The van der Waals surface area contributed by atoms with Crippen molar-refractivity contribution in [1.29, 1.82) is 0 Å². The third-order valence-corrected chi connectivity index (χ3v) is 3.25. The van der Waals surface area contributed by atoms with Gasteiger partial charge < -0.3 is 24.8 Å². The zero-order chi connectivity index (χ0) is 17.1. The van der Waals surface area contributed by atoms with Crippen molar-refractivity contribution in [3.05, 3.63) is 0 Å². The van der Waals surface area contributed by atoms with Gasteiger partial charge in [-0.3, -0.25) is 0 Å². The van der Waals surface area contributed by atoms with Crippen molar-refractivity contribution >= 4 is 17.5 Å². The maximum atomic E-state index is 10.1. The highest BCUT2D eigenvalue weighted by Gasteiger charge is 2.21. The minimum atomic E-state index is -1.97. The molecule has 2 rings (SSSR count). The van der Waals surface area contributed by atoms with Crippen LogP contribution in [0.1, 0.15) is 23.5 Å². The topological polar surface area (TPSA) is 79.7 Å². The number of ether oxygens (including phenoxy) is 2. The van der Waals surface area contributed by atoms with Gasteiger partial charge in [-0.2, -0.15) is 4.37 Å². The van der Waals surface area contributed by atoms with E-state index >= 15 is 0 Å². The van der Waals surface area contributed by atoms with Gasteiger partial charge in [0.05, 0.1) is 24.9 Å². The van der Waals surface area contributed by atoms with Crippen molar-refractivity contribution in [2.45, 2.75) is 32.4 Å². The molecule has 1 fully saturated rings. The van der Waals surface area contributed by atoms with Crippen LogP contribution in [-0.2, 0) is 4.74 Å². The van der Waals surface area contributed by atoms with Crippen molar-refractivity contribution in [3.8, 4) is 5.88 Å². The molecular weight excluding hydrogens is 292 g/mol. The Kier molecular flexibility index (Phi) is 4.79. The van der Waals surface area contributed by atoms with Gasteiger partial charge in [0.15, 0.2) is 0 Å². The van der Waals surface area contributed by atoms with Crippen LogP contribution in [0.15, 0.2) is 0 Å². The Bertz CT molecular complexity index is 504. The lowest BCUT2D eigenvalue weighted by Gasteiger charge is -2.27. The first-order valence-electron chi connectivity index (χ1n) is 7.94.